The molecule has 2 unspecified atom stereocenters. The fourth-order valence-electron chi connectivity index (χ4n) is 2.92. The lowest BCUT2D eigenvalue weighted by Gasteiger charge is -2.18. The van der Waals surface area contributed by atoms with Crippen LogP contribution in [0.5, 0.6) is 5.75 Å². The Labute approximate surface area is 181 Å². The monoisotopic (exact) mass is 422 g/mol. The number of nitrogens with one attached hydrogen (secondary N) is 2. The Morgan fingerprint density at radius 3 is 2.33 bits per heavy atom. The number of amides is 2. The van der Waals surface area contributed by atoms with Gasteiger partial charge in [-0.25, -0.2) is 0 Å². The summed E-state index contributed by atoms with van der Waals surface area (Å²) >= 11 is 5.95. The average Bonchev–Trinajstić information content (AvgIpc) is 2.74. The minimum Gasteiger partial charge on any atom is -0.481 e. The summed E-state index contributed by atoms with van der Waals surface area (Å²) < 4.78 is 5.65. The molecule has 5 nitrogen and oxygen atoms in total. The lowest BCUT2D eigenvalue weighted by molar-refractivity contribution is -0.122. The highest BCUT2D eigenvalue weighted by Crippen LogP contribution is 2.21. The second kappa shape index (κ2) is 9.94. The van der Waals surface area contributed by atoms with Gasteiger partial charge in [0, 0.05) is 5.02 Å². The van der Waals surface area contributed by atoms with Crippen LogP contribution < -0.4 is 15.4 Å². The van der Waals surface area contributed by atoms with Gasteiger partial charge in [0.25, 0.3) is 11.8 Å². The highest BCUT2D eigenvalue weighted by atomic mass is 35.5. The molecule has 0 spiro atoms. The molecular weight excluding hydrogens is 400 g/mol. The van der Waals surface area contributed by atoms with Crippen molar-refractivity contribution in [3.63, 3.8) is 0 Å². The second-order valence-electron chi connectivity index (χ2n) is 6.86. The Morgan fingerprint density at radius 2 is 1.60 bits per heavy atom. The lowest BCUT2D eigenvalue weighted by atomic mass is 10.1. The van der Waals surface area contributed by atoms with E-state index in [0.29, 0.717) is 22.0 Å². The molecule has 0 saturated heterocycles. The number of hydrogen-bond acceptors (Lipinski definition) is 3. The summed E-state index contributed by atoms with van der Waals surface area (Å²) in [5.74, 6) is -0.148. The van der Waals surface area contributed by atoms with E-state index < -0.39 is 6.10 Å². The van der Waals surface area contributed by atoms with Gasteiger partial charge in [-0.05, 0) is 49.7 Å². The van der Waals surface area contributed by atoms with E-state index >= 15 is 0 Å². The molecule has 154 valence electrons. The predicted molar refractivity (Wildman–Crippen MR) is 119 cm³/mol. The largest absolute Gasteiger partial charge is 0.481 e. The van der Waals surface area contributed by atoms with Crippen molar-refractivity contribution in [2.45, 2.75) is 26.0 Å². The average molecular weight is 423 g/mol. The number of para-hydroxylation sites is 1. The normalized spacial score (nSPS) is 12.5. The van der Waals surface area contributed by atoms with Crippen LogP contribution in [0.15, 0.2) is 78.9 Å². The van der Waals surface area contributed by atoms with E-state index in [1.807, 2.05) is 37.3 Å². The third-order valence-electron chi connectivity index (χ3n) is 4.55. The molecule has 0 aliphatic carbocycles. The van der Waals surface area contributed by atoms with Crippen molar-refractivity contribution in [1.82, 2.24) is 5.32 Å². The van der Waals surface area contributed by atoms with E-state index in [-0.39, 0.29) is 17.9 Å². The molecule has 3 aromatic rings. The molecular formula is C24H23ClN2O3. The van der Waals surface area contributed by atoms with Crippen molar-refractivity contribution in [1.29, 1.82) is 0 Å². The second-order valence-corrected chi connectivity index (χ2v) is 7.29. The molecule has 6 heteroatoms. The van der Waals surface area contributed by atoms with Crippen LogP contribution in [0.1, 0.15) is 35.8 Å². The van der Waals surface area contributed by atoms with Crippen molar-refractivity contribution in [2.75, 3.05) is 5.32 Å². The Morgan fingerprint density at radius 1 is 0.900 bits per heavy atom. The van der Waals surface area contributed by atoms with Crippen molar-refractivity contribution in [2.24, 2.45) is 0 Å². The first-order valence-electron chi connectivity index (χ1n) is 9.62. The first-order valence-corrected chi connectivity index (χ1v) is 10.00. The van der Waals surface area contributed by atoms with Gasteiger partial charge in [0.05, 0.1) is 17.3 Å². The van der Waals surface area contributed by atoms with E-state index in [0.717, 1.165) is 5.56 Å². The number of halogens is 1. The standard InChI is InChI=1S/C24H23ClN2O3/c1-16(18-9-4-3-5-10-18)26-24(29)21-13-6-7-14-22(21)27-23(28)17(2)30-20-12-8-11-19(25)15-20/h3-17H,1-2H3,(H,26,29)(H,27,28). The molecule has 0 aromatic heterocycles. The highest BCUT2D eigenvalue weighted by molar-refractivity contribution is 6.30. The quantitative estimate of drug-likeness (QED) is 0.547. The van der Waals surface area contributed by atoms with Crippen molar-refractivity contribution < 1.29 is 14.3 Å². The zero-order valence-corrected chi connectivity index (χ0v) is 17.5. The summed E-state index contributed by atoms with van der Waals surface area (Å²) in [7, 11) is 0. The smallest absolute Gasteiger partial charge is 0.265 e. The van der Waals surface area contributed by atoms with Crippen LogP contribution in [0.25, 0.3) is 0 Å². The van der Waals surface area contributed by atoms with Gasteiger partial charge in [-0.3, -0.25) is 9.59 Å². The van der Waals surface area contributed by atoms with Crippen molar-refractivity contribution in [3.8, 4) is 5.75 Å². The molecule has 0 aliphatic heterocycles. The van der Waals surface area contributed by atoms with Gasteiger partial charge in [0.2, 0.25) is 0 Å². The molecule has 0 heterocycles. The maximum atomic E-state index is 12.8. The number of benzene rings is 3. The molecule has 0 fully saturated rings. The fourth-order valence-corrected chi connectivity index (χ4v) is 3.10. The Kier molecular flexibility index (Phi) is 7.09. The third-order valence-corrected chi connectivity index (χ3v) is 4.79. The minimum atomic E-state index is -0.775. The molecule has 3 aromatic carbocycles. The van der Waals surface area contributed by atoms with Crippen LogP contribution in [-0.4, -0.2) is 17.9 Å². The zero-order valence-electron chi connectivity index (χ0n) is 16.8. The summed E-state index contributed by atoms with van der Waals surface area (Å²) in [5.41, 5.74) is 1.79. The maximum Gasteiger partial charge on any atom is 0.265 e. The number of anilines is 1. The molecule has 0 bridgehead atoms. The van der Waals surface area contributed by atoms with Crippen LogP contribution in [0.3, 0.4) is 0 Å². The van der Waals surface area contributed by atoms with Crippen LogP contribution in [0, 0.1) is 0 Å². The summed E-state index contributed by atoms with van der Waals surface area (Å²) in [4.78, 5) is 25.4. The first kappa shape index (κ1) is 21.4. The van der Waals surface area contributed by atoms with Crippen LogP contribution in [0.4, 0.5) is 5.69 Å². The number of carbonyl (C=O) groups is 2. The van der Waals surface area contributed by atoms with E-state index in [9.17, 15) is 9.59 Å². The summed E-state index contributed by atoms with van der Waals surface area (Å²) in [6.45, 7) is 3.55. The summed E-state index contributed by atoms with van der Waals surface area (Å²) in [5, 5.41) is 6.27. The van der Waals surface area contributed by atoms with Gasteiger partial charge < -0.3 is 15.4 Å². The van der Waals surface area contributed by atoms with Crippen LogP contribution in [-0.2, 0) is 4.79 Å². The van der Waals surface area contributed by atoms with Crippen LogP contribution in [0.2, 0.25) is 5.02 Å². The van der Waals surface area contributed by atoms with Gasteiger partial charge in [0.1, 0.15) is 5.75 Å². The van der Waals surface area contributed by atoms with Gasteiger partial charge in [0.15, 0.2) is 6.10 Å². The SMILES string of the molecule is CC(Oc1cccc(Cl)c1)C(=O)Nc1ccccc1C(=O)NC(C)c1ccccc1. The van der Waals surface area contributed by atoms with E-state index in [1.54, 1.807) is 55.5 Å². The zero-order chi connectivity index (χ0) is 21.5. The summed E-state index contributed by atoms with van der Waals surface area (Å²) in [6.07, 6.45) is -0.775. The predicted octanol–water partition coefficient (Wildman–Crippen LogP) is 5.24. The van der Waals surface area contributed by atoms with Gasteiger partial charge in [-0.2, -0.15) is 0 Å². The van der Waals surface area contributed by atoms with E-state index in [4.69, 9.17) is 16.3 Å². The maximum absolute atomic E-state index is 12.8. The molecule has 2 atom stereocenters. The minimum absolute atomic E-state index is 0.174. The molecule has 0 aliphatic rings. The van der Waals surface area contributed by atoms with E-state index in [2.05, 4.69) is 10.6 Å². The Balaban J connectivity index is 1.68. The van der Waals surface area contributed by atoms with Gasteiger partial charge in [-0.15, -0.1) is 0 Å². The molecule has 0 radical (unpaired) electrons. The Hall–Kier alpha value is -3.31. The molecule has 2 amide bonds. The molecule has 30 heavy (non-hydrogen) atoms. The summed E-state index contributed by atoms with van der Waals surface area (Å²) in [6, 6.07) is 23.2. The number of ether oxygens (including phenoxy) is 1. The van der Waals surface area contributed by atoms with Gasteiger partial charge in [-0.1, -0.05) is 60.1 Å². The number of hydrogen-bond donors (Lipinski definition) is 2. The van der Waals surface area contributed by atoms with Crippen molar-refractivity contribution >= 4 is 29.1 Å². The molecule has 3 rings (SSSR count). The number of carbonyl (C=O) groups excluding carboxylic acids is 2. The van der Waals surface area contributed by atoms with E-state index in [1.165, 1.54) is 0 Å². The lowest BCUT2D eigenvalue weighted by Crippen LogP contribution is -2.32. The van der Waals surface area contributed by atoms with Crippen LogP contribution >= 0.6 is 11.6 Å². The van der Waals surface area contributed by atoms with Crippen molar-refractivity contribution in [3.05, 3.63) is 95.0 Å². The number of rotatable bonds is 7. The topological polar surface area (TPSA) is 67.4 Å². The fraction of sp³-hybridized carbons (Fsp3) is 0.167. The highest BCUT2D eigenvalue weighted by Gasteiger charge is 2.19. The third kappa shape index (κ3) is 5.61. The molecule has 0 saturated carbocycles. The Bertz CT molecular complexity index is 1020. The molecule has 2 N–H and O–H groups in total. The van der Waals surface area contributed by atoms with Gasteiger partial charge >= 0.3 is 0 Å². The first-order chi connectivity index (χ1) is 14.4.